The zero-order valence-electron chi connectivity index (χ0n) is 19.8. The molecule has 0 fully saturated rings. The van der Waals surface area contributed by atoms with Gasteiger partial charge in [0.15, 0.2) is 20.2 Å². The summed E-state index contributed by atoms with van der Waals surface area (Å²) >= 11 is 0. The molecule has 0 rings (SSSR count). The van der Waals surface area contributed by atoms with Crippen LogP contribution in [-0.2, 0) is 39.7 Å². The Balaban J connectivity index is -0.000000807. The van der Waals surface area contributed by atoms with Crippen LogP contribution in [0.4, 0.5) is 114 Å². The number of hydrogen-bond donors (Lipinski definition) is 0. The molecule has 0 atom stereocenters. The van der Waals surface area contributed by atoms with Gasteiger partial charge in [-0.3, -0.25) is 0 Å². The predicted molar refractivity (Wildman–Crippen MR) is 81.0 cm³/mol. The summed E-state index contributed by atoms with van der Waals surface area (Å²) in [6.07, 6.45) is -15.2. The van der Waals surface area contributed by atoms with Gasteiger partial charge in [-0.15, -0.1) is 0 Å². The zero-order valence-corrected chi connectivity index (χ0v) is 24.4. The largest absolute Gasteiger partial charge is 2.00 e. The van der Waals surface area contributed by atoms with Gasteiger partial charge in [0.1, 0.15) is 0 Å². The second-order valence-corrected chi connectivity index (χ2v) is 10.4. The summed E-state index contributed by atoms with van der Waals surface area (Å²) in [5.74, 6) is -65.2. The maximum Gasteiger partial charge on any atom is 2.00 e. The third-order valence-electron chi connectivity index (χ3n) is 4.44. The molecule has 0 saturated carbocycles. The molecular weight excluding hydrogens is 864 g/mol. The van der Waals surface area contributed by atoms with Crippen LogP contribution < -0.4 is 0 Å². The summed E-state index contributed by atoms with van der Waals surface area (Å²) < 4.78 is 378. The Morgan fingerprint density at radius 3 is 0.511 bits per heavy atom. The van der Waals surface area contributed by atoms with Crippen LogP contribution in [0, 0.1) is 0 Å². The van der Waals surface area contributed by atoms with Gasteiger partial charge in [0, 0.05) is 0 Å². The first kappa shape index (κ1) is 50.0. The van der Waals surface area contributed by atoms with E-state index in [0.717, 1.165) is 0 Å². The molecule has 0 aromatic heterocycles. The van der Waals surface area contributed by atoms with E-state index in [9.17, 15) is 140 Å². The molecule has 0 aromatic carbocycles. The molecule has 0 bridgehead atoms. The van der Waals surface area contributed by atoms with E-state index in [1.54, 1.807) is 0 Å². The van der Waals surface area contributed by atoms with Crippen LogP contribution in [0.15, 0.2) is 0 Å². The standard InChI is InChI=1S/2C6HF13O3S.Zn/c2*7-1(8,3(11,12)5(15,16)17)2(9,10)4(13,14)6(18,19)23(20,21)22;/h2*(H,20,21,22);/q;;+2/p-2. The van der Waals surface area contributed by atoms with Crippen molar-refractivity contribution in [3.05, 3.63) is 0 Å². The molecule has 0 amide bonds. The van der Waals surface area contributed by atoms with Crippen molar-refractivity contribution in [3.63, 3.8) is 0 Å². The first-order valence-electron chi connectivity index (χ1n) is 8.82. The summed E-state index contributed by atoms with van der Waals surface area (Å²) in [5, 5.41) is -15.3. The molecule has 0 aliphatic rings. The van der Waals surface area contributed by atoms with Crippen molar-refractivity contribution in [1.29, 1.82) is 0 Å². The molecule has 0 unspecified atom stereocenters. The summed E-state index contributed by atoms with van der Waals surface area (Å²) in [4.78, 5) is 0. The van der Waals surface area contributed by atoms with Crippen molar-refractivity contribution >= 4 is 20.2 Å². The third-order valence-corrected chi connectivity index (χ3v) is 6.21. The number of rotatable bonds is 10. The fraction of sp³-hybridized carbons (Fsp3) is 1.00. The Hall–Kier alpha value is -1.38. The molecule has 0 radical (unpaired) electrons. The van der Waals surface area contributed by atoms with Crippen LogP contribution in [0.2, 0.25) is 0 Å². The minimum atomic E-state index is -8.29. The zero-order chi connectivity index (χ0) is 39.0. The Morgan fingerprint density at radius 1 is 0.277 bits per heavy atom. The SMILES string of the molecule is O=S(=O)([O-])C(F)(F)C(F)(F)C(F)(F)C(F)(F)C(F)(F)C(F)(F)F.O=S(=O)([O-])C(F)(F)C(F)(F)C(F)(F)C(F)(F)C(F)(F)C(F)(F)F.[Zn+2]. The van der Waals surface area contributed by atoms with Crippen molar-refractivity contribution in [3.8, 4) is 0 Å². The van der Waals surface area contributed by atoms with Crippen LogP contribution in [0.5, 0.6) is 0 Å². The number of alkyl halides is 26. The Bertz CT molecular complexity index is 1230. The molecule has 6 nitrogen and oxygen atoms in total. The van der Waals surface area contributed by atoms with E-state index in [-0.39, 0.29) is 19.5 Å². The molecule has 0 heterocycles. The Kier molecular flexibility index (Phi) is 13.2. The Morgan fingerprint density at radius 2 is 0.404 bits per heavy atom. The summed E-state index contributed by atoms with van der Waals surface area (Å²) in [6, 6.07) is 0. The van der Waals surface area contributed by atoms with Gasteiger partial charge in [-0.1, -0.05) is 0 Å². The van der Waals surface area contributed by atoms with E-state index in [0.29, 0.717) is 0 Å². The summed E-state index contributed by atoms with van der Waals surface area (Å²) in [7, 11) is -15.7. The smallest absolute Gasteiger partial charge is 0.743 e. The molecule has 47 heavy (non-hydrogen) atoms. The molecule has 280 valence electrons. The minimum Gasteiger partial charge on any atom is -0.743 e. The van der Waals surface area contributed by atoms with Gasteiger partial charge in [-0.25, -0.2) is 16.8 Å². The quantitative estimate of drug-likeness (QED) is 0.142. The van der Waals surface area contributed by atoms with Crippen LogP contribution >= 0.6 is 0 Å². The summed E-state index contributed by atoms with van der Waals surface area (Å²) in [6.45, 7) is 0. The van der Waals surface area contributed by atoms with Gasteiger partial charge in [0.2, 0.25) is 0 Å². The minimum absolute atomic E-state index is 0. The van der Waals surface area contributed by atoms with E-state index in [1.165, 1.54) is 0 Å². The van der Waals surface area contributed by atoms with Gasteiger partial charge in [0.05, 0.1) is 0 Å². The van der Waals surface area contributed by atoms with E-state index in [4.69, 9.17) is 0 Å². The molecule has 35 heteroatoms. The maximum atomic E-state index is 12.7. The monoisotopic (exact) mass is 862 g/mol. The maximum absolute atomic E-state index is 12.7. The Labute approximate surface area is 250 Å². The second kappa shape index (κ2) is 12.4. The van der Waals surface area contributed by atoms with Crippen LogP contribution in [0.25, 0.3) is 0 Å². The van der Waals surface area contributed by atoms with Gasteiger partial charge >= 0.3 is 89.7 Å². The first-order chi connectivity index (χ1) is 19.0. The molecule has 0 aliphatic carbocycles. The van der Waals surface area contributed by atoms with Crippen LogP contribution in [0.3, 0.4) is 0 Å². The van der Waals surface area contributed by atoms with Crippen molar-refractivity contribution in [1.82, 2.24) is 0 Å². The van der Waals surface area contributed by atoms with Crippen molar-refractivity contribution < 1.29 is 160 Å². The van der Waals surface area contributed by atoms with Gasteiger partial charge in [-0.2, -0.15) is 114 Å². The van der Waals surface area contributed by atoms with Crippen molar-refractivity contribution in [2.75, 3.05) is 0 Å². The normalized spacial score (nSPS) is 16.3. The summed E-state index contributed by atoms with van der Waals surface area (Å²) in [5.41, 5.74) is 0. The van der Waals surface area contributed by atoms with E-state index < -0.39 is 90.5 Å². The molecule has 0 aliphatic heterocycles. The van der Waals surface area contributed by atoms with E-state index in [1.807, 2.05) is 0 Å². The van der Waals surface area contributed by atoms with Crippen LogP contribution in [-0.4, -0.2) is 96.2 Å². The van der Waals surface area contributed by atoms with Gasteiger partial charge in [-0.05, 0) is 0 Å². The molecule has 0 spiro atoms. The average molecular weight is 864 g/mol. The fourth-order valence-corrected chi connectivity index (χ4v) is 2.71. The first-order valence-corrected chi connectivity index (χ1v) is 11.6. The van der Waals surface area contributed by atoms with Gasteiger partial charge in [0.25, 0.3) is 0 Å². The number of hydrogen-bond acceptors (Lipinski definition) is 6. The molecule has 0 saturated heterocycles. The van der Waals surface area contributed by atoms with Crippen LogP contribution in [0.1, 0.15) is 0 Å². The third kappa shape index (κ3) is 7.13. The second-order valence-electron chi connectivity index (χ2n) is 7.53. The predicted octanol–water partition coefficient (Wildman–Crippen LogP) is 6.45. The van der Waals surface area contributed by atoms with E-state index in [2.05, 4.69) is 0 Å². The number of halogens is 26. The van der Waals surface area contributed by atoms with E-state index >= 15 is 0 Å². The molecule has 0 aromatic rings. The molecular formula is C12F26O6S2Zn. The average Bonchev–Trinajstić information content (AvgIpc) is 2.75. The molecule has 0 N–H and O–H groups in total. The van der Waals surface area contributed by atoms with Crippen molar-refractivity contribution in [2.24, 2.45) is 0 Å². The van der Waals surface area contributed by atoms with Crippen molar-refractivity contribution in [2.45, 2.75) is 70.2 Å². The van der Waals surface area contributed by atoms with Gasteiger partial charge < -0.3 is 9.11 Å². The fourth-order valence-electron chi connectivity index (χ4n) is 1.82. The topological polar surface area (TPSA) is 114 Å².